The molecule has 0 fully saturated rings. The molecule has 0 saturated heterocycles. The highest BCUT2D eigenvalue weighted by Crippen LogP contribution is 2.14. The average molecular weight is 276 g/mol. The zero-order valence-corrected chi connectivity index (χ0v) is 11.5. The molecule has 0 aliphatic rings. The average Bonchev–Trinajstić information content (AvgIpc) is 2.38. The van der Waals surface area contributed by atoms with Gasteiger partial charge in [0.2, 0.25) is 5.91 Å². The SMILES string of the molecule is CC(C)(CO)NC(=O)Cc1ccc2cc(F)ccc2n1. The molecule has 0 spiro atoms. The van der Waals surface area contributed by atoms with E-state index in [1.54, 1.807) is 32.0 Å². The molecule has 1 aromatic heterocycles. The Balaban J connectivity index is 2.14. The van der Waals surface area contributed by atoms with Crippen molar-refractivity contribution in [3.63, 3.8) is 0 Å². The normalized spacial score (nSPS) is 11.6. The van der Waals surface area contributed by atoms with E-state index in [0.717, 1.165) is 0 Å². The molecule has 4 nitrogen and oxygen atoms in total. The smallest absolute Gasteiger partial charge is 0.226 e. The number of hydrogen-bond donors (Lipinski definition) is 2. The largest absolute Gasteiger partial charge is 0.394 e. The van der Waals surface area contributed by atoms with E-state index < -0.39 is 5.54 Å². The molecule has 5 heteroatoms. The van der Waals surface area contributed by atoms with Gasteiger partial charge in [-0.05, 0) is 38.1 Å². The summed E-state index contributed by atoms with van der Waals surface area (Å²) in [5.41, 5.74) is 0.602. The minimum absolute atomic E-state index is 0.122. The van der Waals surface area contributed by atoms with E-state index in [0.29, 0.717) is 16.6 Å². The molecule has 0 bridgehead atoms. The lowest BCUT2D eigenvalue weighted by Gasteiger charge is -2.23. The number of halogens is 1. The number of benzene rings is 1. The van der Waals surface area contributed by atoms with Crippen LogP contribution < -0.4 is 5.32 Å². The Hall–Kier alpha value is -2.01. The number of amides is 1. The quantitative estimate of drug-likeness (QED) is 0.895. The molecule has 20 heavy (non-hydrogen) atoms. The number of aliphatic hydroxyl groups is 1. The summed E-state index contributed by atoms with van der Waals surface area (Å²) in [5, 5.41) is 12.5. The number of carbonyl (C=O) groups is 1. The predicted octanol–water partition coefficient (Wildman–Crippen LogP) is 1.80. The number of pyridine rings is 1. The third-order valence-corrected chi connectivity index (χ3v) is 2.92. The summed E-state index contributed by atoms with van der Waals surface area (Å²) >= 11 is 0. The van der Waals surface area contributed by atoms with Gasteiger partial charge < -0.3 is 10.4 Å². The number of hydrogen-bond acceptors (Lipinski definition) is 3. The van der Waals surface area contributed by atoms with Crippen LogP contribution in [-0.2, 0) is 11.2 Å². The molecule has 0 aliphatic carbocycles. The van der Waals surface area contributed by atoms with Gasteiger partial charge >= 0.3 is 0 Å². The summed E-state index contributed by atoms with van der Waals surface area (Å²) in [6, 6.07) is 7.78. The van der Waals surface area contributed by atoms with Gasteiger partial charge in [0.15, 0.2) is 0 Å². The summed E-state index contributed by atoms with van der Waals surface area (Å²) in [4.78, 5) is 16.2. The first-order chi connectivity index (χ1) is 9.39. The molecular weight excluding hydrogens is 259 g/mol. The van der Waals surface area contributed by atoms with Crippen LogP contribution in [0.3, 0.4) is 0 Å². The highest BCUT2D eigenvalue weighted by atomic mass is 19.1. The molecule has 1 aromatic carbocycles. The summed E-state index contributed by atoms with van der Waals surface area (Å²) in [5.74, 6) is -0.521. The maximum Gasteiger partial charge on any atom is 0.226 e. The Labute approximate surface area is 116 Å². The van der Waals surface area contributed by atoms with Gasteiger partial charge in [0.1, 0.15) is 5.82 Å². The second-order valence-corrected chi connectivity index (χ2v) is 5.41. The van der Waals surface area contributed by atoms with Gasteiger partial charge in [0.05, 0.1) is 29.8 Å². The van der Waals surface area contributed by atoms with Gasteiger partial charge in [-0.15, -0.1) is 0 Å². The van der Waals surface area contributed by atoms with Gasteiger partial charge in [-0.1, -0.05) is 6.07 Å². The van der Waals surface area contributed by atoms with Gasteiger partial charge in [0, 0.05) is 5.39 Å². The molecular formula is C15H17FN2O2. The van der Waals surface area contributed by atoms with Crippen molar-refractivity contribution in [2.45, 2.75) is 25.8 Å². The van der Waals surface area contributed by atoms with E-state index >= 15 is 0 Å². The van der Waals surface area contributed by atoms with Crippen LogP contribution in [0.5, 0.6) is 0 Å². The maximum absolute atomic E-state index is 13.1. The highest BCUT2D eigenvalue weighted by Gasteiger charge is 2.19. The van der Waals surface area contributed by atoms with Crippen LogP contribution >= 0.6 is 0 Å². The summed E-state index contributed by atoms with van der Waals surface area (Å²) in [6.45, 7) is 3.34. The van der Waals surface area contributed by atoms with Crippen LogP contribution in [0.4, 0.5) is 4.39 Å². The van der Waals surface area contributed by atoms with Crippen LogP contribution in [0.1, 0.15) is 19.5 Å². The molecule has 1 amide bonds. The zero-order valence-electron chi connectivity index (χ0n) is 11.5. The topological polar surface area (TPSA) is 62.2 Å². The highest BCUT2D eigenvalue weighted by molar-refractivity contribution is 5.82. The molecule has 2 N–H and O–H groups in total. The lowest BCUT2D eigenvalue weighted by molar-refractivity contribution is -0.122. The fraction of sp³-hybridized carbons (Fsp3) is 0.333. The number of nitrogens with one attached hydrogen (secondary N) is 1. The number of carbonyl (C=O) groups excluding carboxylic acids is 1. The van der Waals surface area contributed by atoms with Crippen molar-refractivity contribution in [3.8, 4) is 0 Å². The number of fused-ring (bicyclic) bond motifs is 1. The van der Waals surface area contributed by atoms with Crippen LogP contribution in [0, 0.1) is 5.82 Å². The van der Waals surface area contributed by atoms with Gasteiger partial charge in [-0.2, -0.15) is 0 Å². The Kier molecular flexibility index (Phi) is 3.99. The lowest BCUT2D eigenvalue weighted by Crippen LogP contribution is -2.46. The lowest BCUT2D eigenvalue weighted by atomic mass is 10.1. The van der Waals surface area contributed by atoms with Crippen molar-refractivity contribution in [1.82, 2.24) is 10.3 Å². The zero-order chi connectivity index (χ0) is 14.8. The fourth-order valence-electron chi connectivity index (χ4n) is 1.86. The van der Waals surface area contributed by atoms with E-state index in [2.05, 4.69) is 10.3 Å². The number of rotatable bonds is 4. The second-order valence-electron chi connectivity index (χ2n) is 5.41. The van der Waals surface area contributed by atoms with Crippen molar-refractivity contribution in [2.75, 3.05) is 6.61 Å². The third-order valence-electron chi connectivity index (χ3n) is 2.92. The van der Waals surface area contributed by atoms with Crippen molar-refractivity contribution in [2.24, 2.45) is 0 Å². The first kappa shape index (κ1) is 14.4. The third kappa shape index (κ3) is 3.51. The molecule has 0 saturated carbocycles. The Bertz CT molecular complexity index is 641. The minimum atomic E-state index is -0.656. The van der Waals surface area contributed by atoms with Crippen LogP contribution in [0.2, 0.25) is 0 Å². The second kappa shape index (κ2) is 5.54. The van der Waals surface area contributed by atoms with Gasteiger partial charge in [-0.25, -0.2) is 4.39 Å². The van der Waals surface area contributed by atoms with Crippen molar-refractivity contribution < 1.29 is 14.3 Å². The molecule has 0 atom stereocenters. The molecule has 0 radical (unpaired) electrons. The van der Waals surface area contributed by atoms with E-state index in [4.69, 9.17) is 5.11 Å². The number of aliphatic hydroxyl groups excluding tert-OH is 1. The Morgan fingerprint density at radius 2 is 2.10 bits per heavy atom. The molecule has 0 unspecified atom stereocenters. The molecule has 0 aliphatic heterocycles. The van der Waals surface area contributed by atoms with E-state index in [1.807, 2.05) is 0 Å². The van der Waals surface area contributed by atoms with E-state index in [9.17, 15) is 9.18 Å². The van der Waals surface area contributed by atoms with Gasteiger partial charge in [0.25, 0.3) is 0 Å². The Morgan fingerprint density at radius 1 is 1.35 bits per heavy atom. The summed E-state index contributed by atoms with van der Waals surface area (Å²) < 4.78 is 13.1. The van der Waals surface area contributed by atoms with Crippen molar-refractivity contribution >= 4 is 16.8 Å². The molecule has 1 heterocycles. The van der Waals surface area contributed by atoms with E-state index in [1.165, 1.54) is 12.1 Å². The van der Waals surface area contributed by atoms with Gasteiger partial charge in [-0.3, -0.25) is 9.78 Å². The fourth-order valence-corrected chi connectivity index (χ4v) is 1.86. The number of nitrogens with zero attached hydrogens (tertiary/aromatic N) is 1. The van der Waals surface area contributed by atoms with Crippen molar-refractivity contribution in [1.29, 1.82) is 0 Å². The molecule has 106 valence electrons. The van der Waals surface area contributed by atoms with Crippen LogP contribution in [-0.4, -0.2) is 28.1 Å². The van der Waals surface area contributed by atoms with Crippen LogP contribution in [0.15, 0.2) is 30.3 Å². The van der Waals surface area contributed by atoms with E-state index in [-0.39, 0.29) is 24.8 Å². The first-order valence-corrected chi connectivity index (χ1v) is 6.37. The summed E-state index contributed by atoms with van der Waals surface area (Å²) in [6.07, 6.45) is 0.122. The summed E-state index contributed by atoms with van der Waals surface area (Å²) in [7, 11) is 0. The molecule has 2 rings (SSSR count). The first-order valence-electron chi connectivity index (χ1n) is 6.37. The standard InChI is InChI=1S/C15H17FN2O2/c1-15(2,9-19)18-14(20)8-12-5-3-10-7-11(16)4-6-13(10)17-12/h3-7,19H,8-9H2,1-2H3,(H,18,20). The predicted molar refractivity (Wildman–Crippen MR) is 74.7 cm³/mol. The monoisotopic (exact) mass is 276 g/mol. The molecule has 2 aromatic rings. The van der Waals surface area contributed by atoms with Crippen LogP contribution in [0.25, 0.3) is 10.9 Å². The number of aromatic nitrogens is 1. The minimum Gasteiger partial charge on any atom is -0.394 e. The van der Waals surface area contributed by atoms with Crippen molar-refractivity contribution in [3.05, 3.63) is 41.8 Å². The Morgan fingerprint density at radius 3 is 2.80 bits per heavy atom. The maximum atomic E-state index is 13.1.